The predicted molar refractivity (Wildman–Crippen MR) is 109 cm³/mol. The Balaban J connectivity index is 1.40. The summed E-state index contributed by atoms with van der Waals surface area (Å²) < 4.78 is 20.4. The average molecular weight is 404 g/mol. The zero-order valence-corrected chi connectivity index (χ0v) is 15.9. The molecule has 2 aromatic carbocycles. The molecule has 0 atom stereocenters. The van der Waals surface area contributed by atoms with Crippen LogP contribution in [-0.2, 0) is 0 Å². The van der Waals surface area contributed by atoms with Crippen LogP contribution in [-0.4, -0.2) is 25.8 Å². The summed E-state index contributed by atoms with van der Waals surface area (Å²) in [5, 5.41) is 9.48. The number of carbonyl (C=O) groups is 1. The Bertz CT molecular complexity index is 1150. The lowest BCUT2D eigenvalue weighted by Crippen LogP contribution is -2.19. The number of anilines is 2. The lowest BCUT2D eigenvalue weighted by Gasteiger charge is -2.10. The molecule has 150 valence electrons. The van der Waals surface area contributed by atoms with Crippen molar-refractivity contribution < 1.29 is 13.9 Å². The van der Waals surface area contributed by atoms with Crippen molar-refractivity contribution in [2.75, 3.05) is 10.6 Å². The van der Waals surface area contributed by atoms with E-state index in [1.807, 2.05) is 0 Å². The monoisotopic (exact) mass is 404 g/mol. The first-order valence-electron chi connectivity index (χ1n) is 9.02. The highest BCUT2D eigenvalue weighted by atomic mass is 19.1. The number of aryl methyl sites for hydroxylation is 1. The third-order valence-corrected chi connectivity index (χ3v) is 3.98. The van der Waals surface area contributed by atoms with E-state index in [0.717, 1.165) is 0 Å². The second-order valence-electron chi connectivity index (χ2n) is 6.27. The molecule has 30 heavy (non-hydrogen) atoms. The van der Waals surface area contributed by atoms with Gasteiger partial charge in [-0.3, -0.25) is 0 Å². The van der Waals surface area contributed by atoms with Crippen molar-refractivity contribution >= 4 is 17.4 Å². The fourth-order valence-electron chi connectivity index (χ4n) is 2.65. The van der Waals surface area contributed by atoms with Gasteiger partial charge in [0.05, 0.1) is 0 Å². The Kier molecular flexibility index (Phi) is 5.33. The van der Waals surface area contributed by atoms with Gasteiger partial charge in [-0.25, -0.2) is 18.9 Å². The first-order valence-corrected chi connectivity index (χ1v) is 9.02. The normalized spacial score (nSPS) is 10.5. The van der Waals surface area contributed by atoms with E-state index in [1.165, 1.54) is 24.3 Å². The molecule has 9 heteroatoms. The lowest BCUT2D eigenvalue weighted by molar-refractivity contribution is 0.262. The summed E-state index contributed by atoms with van der Waals surface area (Å²) in [4.78, 5) is 20.7. The van der Waals surface area contributed by atoms with Gasteiger partial charge in [0.15, 0.2) is 5.82 Å². The van der Waals surface area contributed by atoms with Gasteiger partial charge in [-0.2, -0.15) is 10.1 Å². The number of ether oxygens (including phenoxy) is 1. The molecule has 8 nitrogen and oxygen atoms in total. The van der Waals surface area contributed by atoms with Gasteiger partial charge < -0.3 is 15.4 Å². The average Bonchev–Trinajstić information content (AvgIpc) is 3.26. The van der Waals surface area contributed by atoms with Crippen LogP contribution in [0, 0.1) is 12.7 Å². The summed E-state index contributed by atoms with van der Waals surface area (Å²) in [5.41, 5.74) is 1.05. The number of halogens is 1. The number of urea groups is 1. The van der Waals surface area contributed by atoms with E-state index in [4.69, 9.17) is 4.74 Å². The minimum atomic E-state index is -0.439. The molecular formula is C21H17FN6O2. The van der Waals surface area contributed by atoms with Crippen molar-refractivity contribution in [2.24, 2.45) is 0 Å². The third kappa shape index (κ3) is 4.76. The highest BCUT2D eigenvalue weighted by Crippen LogP contribution is 2.23. The third-order valence-electron chi connectivity index (χ3n) is 3.98. The molecule has 0 fully saturated rings. The van der Waals surface area contributed by atoms with E-state index in [9.17, 15) is 9.18 Å². The van der Waals surface area contributed by atoms with Gasteiger partial charge in [0.1, 0.15) is 17.4 Å². The van der Waals surface area contributed by atoms with Gasteiger partial charge in [-0.05, 0) is 61.5 Å². The number of benzene rings is 2. The Morgan fingerprint density at radius 3 is 2.30 bits per heavy atom. The molecule has 0 saturated heterocycles. The molecule has 2 aromatic heterocycles. The Morgan fingerprint density at radius 1 is 1.00 bits per heavy atom. The lowest BCUT2D eigenvalue weighted by atomic mass is 10.3. The van der Waals surface area contributed by atoms with Crippen molar-refractivity contribution in [1.82, 2.24) is 19.7 Å². The Hall–Kier alpha value is -4.27. The van der Waals surface area contributed by atoms with Gasteiger partial charge >= 0.3 is 6.03 Å². The SMILES string of the molecule is Cc1nc(Oc2ccc(NC(=O)Nc3ccc(F)cc3)cc2)cc(-n2cccn2)n1. The maximum atomic E-state index is 12.9. The summed E-state index contributed by atoms with van der Waals surface area (Å²) in [6.07, 6.45) is 3.44. The van der Waals surface area contributed by atoms with Crippen LogP contribution in [0.4, 0.5) is 20.6 Å². The maximum absolute atomic E-state index is 12.9. The zero-order chi connectivity index (χ0) is 20.9. The first-order chi connectivity index (χ1) is 14.5. The van der Waals surface area contributed by atoms with Crippen LogP contribution >= 0.6 is 0 Å². The van der Waals surface area contributed by atoms with E-state index in [2.05, 4.69) is 25.7 Å². The minimum Gasteiger partial charge on any atom is -0.439 e. The first kappa shape index (κ1) is 19.1. The number of carbonyl (C=O) groups excluding carboxylic acids is 1. The van der Waals surface area contributed by atoms with Gasteiger partial charge in [0.2, 0.25) is 5.88 Å². The van der Waals surface area contributed by atoms with Crippen LogP contribution in [0.25, 0.3) is 5.82 Å². The topological polar surface area (TPSA) is 94.0 Å². The van der Waals surface area contributed by atoms with E-state index in [1.54, 1.807) is 60.4 Å². The molecule has 2 heterocycles. The van der Waals surface area contributed by atoms with Crippen molar-refractivity contribution in [2.45, 2.75) is 6.92 Å². The smallest absolute Gasteiger partial charge is 0.323 e. The fraction of sp³-hybridized carbons (Fsp3) is 0.0476. The summed E-state index contributed by atoms with van der Waals surface area (Å²) >= 11 is 0. The van der Waals surface area contributed by atoms with Gasteiger partial charge in [-0.15, -0.1) is 0 Å². The Morgan fingerprint density at radius 2 is 1.67 bits per heavy atom. The number of hydrogen-bond donors (Lipinski definition) is 2. The van der Waals surface area contributed by atoms with Gasteiger partial charge in [-0.1, -0.05) is 0 Å². The standard InChI is InChI=1S/C21H17FN6O2/c1-14-24-19(28-12-2-11-23-28)13-20(25-14)30-18-9-7-17(8-10-18)27-21(29)26-16-5-3-15(22)4-6-16/h2-13H,1H3,(H2,26,27,29). The summed E-state index contributed by atoms with van der Waals surface area (Å²) in [6, 6.07) is 15.4. The quantitative estimate of drug-likeness (QED) is 0.509. The van der Waals surface area contributed by atoms with E-state index >= 15 is 0 Å². The highest BCUT2D eigenvalue weighted by molar-refractivity contribution is 5.99. The number of amides is 2. The molecule has 2 amide bonds. The number of rotatable bonds is 5. The second-order valence-corrected chi connectivity index (χ2v) is 6.27. The van der Waals surface area contributed by atoms with Crippen LogP contribution in [0.3, 0.4) is 0 Å². The molecule has 0 aliphatic heterocycles. The second kappa shape index (κ2) is 8.39. The van der Waals surface area contributed by atoms with Crippen LogP contribution in [0.5, 0.6) is 11.6 Å². The summed E-state index contributed by atoms with van der Waals surface area (Å²) in [5.74, 6) is 1.70. The van der Waals surface area contributed by atoms with Crippen molar-refractivity contribution in [3.8, 4) is 17.4 Å². The van der Waals surface area contributed by atoms with Crippen LogP contribution < -0.4 is 15.4 Å². The highest BCUT2D eigenvalue weighted by Gasteiger charge is 2.07. The predicted octanol–water partition coefficient (Wildman–Crippen LogP) is 4.55. The van der Waals surface area contributed by atoms with E-state index in [-0.39, 0.29) is 5.82 Å². The van der Waals surface area contributed by atoms with Crippen molar-refractivity contribution in [3.05, 3.63) is 84.7 Å². The van der Waals surface area contributed by atoms with Crippen LogP contribution in [0.2, 0.25) is 0 Å². The molecule has 0 aliphatic carbocycles. The number of nitrogens with zero attached hydrogens (tertiary/aromatic N) is 4. The molecular weight excluding hydrogens is 387 g/mol. The van der Waals surface area contributed by atoms with E-state index in [0.29, 0.717) is 34.6 Å². The van der Waals surface area contributed by atoms with Crippen LogP contribution in [0.15, 0.2) is 73.1 Å². The number of nitrogens with one attached hydrogen (secondary N) is 2. The van der Waals surface area contributed by atoms with Crippen molar-refractivity contribution in [1.29, 1.82) is 0 Å². The molecule has 0 bridgehead atoms. The molecule has 0 saturated carbocycles. The van der Waals surface area contributed by atoms with Gasteiger partial charge in [0, 0.05) is 29.8 Å². The summed E-state index contributed by atoms with van der Waals surface area (Å²) in [7, 11) is 0. The van der Waals surface area contributed by atoms with Crippen LogP contribution in [0.1, 0.15) is 5.82 Å². The molecule has 0 radical (unpaired) electrons. The number of hydrogen-bond acceptors (Lipinski definition) is 5. The zero-order valence-electron chi connectivity index (χ0n) is 15.9. The molecule has 0 spiro atoms. The molecule has 0 aliphatic rings. The maximum Gasteiger partial charge on any atom is 0.323 e. The molecule has 2 N–H and O–H groups in total. The molecule has 4 aromatic rings. The fourth-order valence-corrected chi connectivity index (χ4v) is 2.65. The summed E-state index contributed by atoms with van der Waals surface area (Å²) in [6.45, 7) is 1.77. The molecule has 0 unspecified atom stereocenters. The number of aromatic nitrogens is 4. The molecule has 4 rings (SSSR count). The largest absolute Gasteiger partial charge is 0.439 e. The van der Waals surface area contributed by atoms with Crippen molar-refractivity contribution in [3.63, 3.8) is 0 Å². The van der Waals surface area contributed by atoms with E-state index < -0.39 is 6.03 Å². The van der Waals surface area contributed by atoms with Gasteiger partial charge in [0.25, 0.3) is 0 Å². The Labute approximate surface area is 171 Å². The minimum absolute atomic E-state index is 0.368.